The molecule has 2 rings (SSSR count). The maximum atomic E-state index is 5.67. The molecule has 3 N–H and O–H groups in total. The number of nitrogens with two attached hydrogens (primary N) is 1. The lowest BCUT2D eigenvalue weighted by Gasteiger charge is -2.20. The highest BCUT2D eigenvalue weighted by Crippen LogP contribution is 2.29. The molecule has 1 aromatic heterocycles. The highest BCUT2D eigenvalue weighted by atomic mass is 32.1. The minimum Gasteiger partial charge on any atom is -0.271 e. The largest absolute Gasteiger partial charge is 0.271 e. The van der Waals surface area contributed by atoms with Crippen molar-refractivity contribution in [3.8, 4) is 0 Å². The summed E-state index contributed by atoms with van der Waals surface area (Å²) in [5.74, 6) is 5.67. The number of thiazole rings is 1. The molecule has 1 aliphatic carbocycles. The summed E-state index contributed by atoms with van der Waals surface area (Å²) in [6, 6.07) is 0.172. The molecule has 0 saturated carbocycles. The van der Waals surface area contributed by atoms with E-state index >= 15 is 0 Å². The Morgan fingerprint density at radius 2 is 2.19 bits per heavy atom. The smallest absolute Gasteiger partial charge is 0.0795 e. The van der Waals surface area contributed by atoms with Crippen LogP contribution in [0.4, 0.5) is 0 Å². The first-order chi connectivity index (χ1) is 7.92. The molecule has 4 heteroatoms. The molecule has 0 spiro atoms. The number of nitrogens with one attached hydrogen (secondary N) is 1. The van der Waals surface area contributed by atoms with Gasteiger partial charge in [-0.05, 0) is 25.7 Å². The molecule has 1 heterocycles. The highest BCUT2D eigenvalue weighted by molar-refractivity contribution is 7.09. The summed E-state index contributed by atoms with van der Waals surface area (Å²) in [6.45, 7) is 0. The third-order valence-corrected chi connectivity index (χ3v) is 3.94. The molecule has 0 saturated heterocycles. The van der Waals surface area contributed by atoms with E-state index in [-0.39, 0.29) is 6.04 Å². The lowest BCUT2D eigenvalue weighted by Crippen LogP contribution is -2.29. The zero-order valence-electron chi connectivity index (χ0n) is 9.48. The van der Waals surface area contributed by atoms with Gasteiger partial charge in [0.1, 0.15) is 0 Å². The minimum atomic E-state index is 0.172. The van der Waals surface area contributed by atoms with Crippen LogP contribution in [0.3, 0.4) is 0 Å². The van der Waals surface area contributed by atoms with Crippen molar-refractivity contribution < 1.29 is 0 Å². The number of hydrogen-bond acceptors (Lipinski definition) is 4. The van der Waals surface area contributed by atoms with Crippen LogP contribution >= 0.6 is 11.3 Å². The Morgan fingerprint density at radius 1 is 1.31 bits per heavy atom. The van der Waals surface area contributed by atoms with E-state index in [1.54, 1.807) is 11.3 Å². The molecule has 3 nitrogen and oxygen atoms in total. The topological polar surface area (TPSA) is 50.9 Å². The molecular weight excluding hydrogens is 218 g/mol. The fraction of sp³-hybridized carbons (Fsp3) is 0.583. The summed E-state index contributed by atoms with van der Waals surface area (Å²) in [7, 11) is 0. The number of aromatic nitrogens is 1. The van der Waals surface area contributed by atoms with Crippen LogP contribution in [0.15, 0.2) is 23.4 Å². The van der Waals surface area contributed by atoms with Crippen molar-refractivity contribution in [1.29, 1.82) is 0 Å². The second kappa shape index (κ2) is 6.13. The van der Waals surface area contributed by atoms with Crippen LogP contribution in [0, 0.1) is 0 Å². The quantitative estimate of drug-likeness (QED) is 0.483. The molecule has 1 aliphatic rings. The van der Waals surface area contributed by atoms with Crippen molar-refractivity contribution in [3.05, 3.63) is 28.2 Å². The fourth-order valence-corrected chi connectivity index (χ4v) is 2.94. The van der Waals surface area contributed by atoms with Crippen LogP contribution < -0.4 is 11.3 Å². The summed E-state index contributed by atoms with van der Waals surface area (Å²) in [6.07, 6.45) is 11.9. The predicted molar refractivity (Wildman–Crippen MR) is 68.0 cm³/mol. The molecule has 1 unspecified atom stereocenters. The zero-order chi connectivity index (χ0) is 11.2. The van der Waals surface area contributed by atoms with E-state index < -0.39 is 0 Å². The Balaban J connectivity index is 2.12. The maximum absolute atomic E-state index is 5.67. The Hall–Kier alpha value is -0.710. The van der Waals surface area contributed by atoms with Gasteiger partial charge in [0, 0.05) is 11.1 Å². The summed E-state index contributed by atoms with van der Waals surface area (Å²) in [4.78, 5) is 5.34. The van der Waals surface area contributed by atoms with Crippen molar-refractivity contribution in [2.45, 2.75) is 44.6 Å². The van der Waals surface area contributed by atoms with E-state index in [2.05, 4.69) is 16.5 Å². The molecule has 0 amide bonds. The molecule has 1 atom stereocenters. The lowest BCUT2D eigenvalue weighted by atomic mass is 9.95. The van der Waals surface area contributed by atoms with Gasteiger partial charge in [-0.2, -0.15) is 0 Å². The standard InChI is InChI=1S/C12H19N3S/c13-15-12(11-8-14-9-16-11)10-6-4-2-1-3-5-7-10/h6,8-9,12,15H,1-5,7,13H2. The van der Waals surface area contributed by atoms with E-state index in [9.17, 15) is 0 Å². The van der Waals surface area contributed by atoms with Crippen molar-refractivity contribution in [2.24, 2.45) is 5.84 Å². The second-order valence-electron chi connectivity index (χ2n) is 4.24. The molecule has 0 aromatic carbocycles. The molecule has 0 fully saturated rings. The van der Waals surface area contributed by atoms with Crippen molar-refractivity contribution in [1.82, 2.24) is 10.4 Å². The SMILES string of the molecule is NNC(C1=CCCCCCC1)c1cncs1. The molecule has 88 valence electrons. The van der Waals surface area contributed by atoms with Crippen molar-refractivity contribution in [3.63, 3.8) is 0 Å². The first-order valence-electron chi connectivity index (χ1n) is 5.95. The fourth-order valence-electron chi connectivity index (χ4n) is 2.22. The number of rotatable bonds is 3. The van der Waals surface area contributed by atoms with Gasteiger partial charge < -0.3 is 0 Å². The van der Waals surface area contributed by atoms with Gasteiger partial charge in [0.25, 0.3) is 0 Å². The van der Waals surface area contributed by atoms with Gasteiger partial charge in [-0.25, -0.2) is 5.43 Å². The lowest BCUT2D eigenvalue weighted by molar-refractivity contribution is 0.559. The normalized spacial score (nSPS) is 19.7. The van der Waals surface area contributed by atoms with Crippen LogP contribution in [-0.4, -0.2) is 4.98 Å². The van der Waals surface area contributed by atoms with Gasteiger partial charge in [0.15, 0.2) is 0 Å². The van der Waals surface area contributed by atoms with Gasteiger partial charge in [0.2, 0.25) is 0 Å². The Kier molecular flexibility index (Phi) is 4.51. The van der Waals surface area contributed by atoms with Crippen LogP contribution in [0.1, 0.15) is 49.4 Å². The van der Waals surface area contributed by atoms with Crippen LogP contribution in [0.5, 0.6) is 0 Å². The van der Waals surface area contributed by atoms with Crippen molar-refractivity contribution >= 4 is 11.3 Å². The average Bonchev–Trinajstić information content (AvgIpc) is 2.75. The van der Waals surface area contributed by atoms with Gasteiger partial charge in [0.05, 0.1) is 11.6 Å². The number of nitrogens with zero attached hydrogens (tertiary/aromatic N) is 1. The molecule has 0 aliphatic heterocycles. The zero-order valence-corrected chi connectivity index (χ0v) is 10.3. The molecule has 16 heavy (non-hydrogen) atoms. The molecule has 1 aromatic rings. The third-order valence-electron chi connectivity index (χ3n) is 3.10. The van der Waals surface area contributed by atoms with E-state index in [1.165, 1.54) is 42.6 Å². The first kappa shape index (κ1) is 11.8. The minimum absolute atomic E-state index is 0.172. The monoisotopic (exact) mass is 237 g/mol. The van der Waals surface area contributed by atoms with Crippen molar-refractivity contribution in [2.75, 3.05) is 0 Å². The summed E-state index contributed by atoms with van der Waals surface area (Å²) in [5, 5.41) is 0. The molecule has 0 radical (unpaired) electrons. The van der Waals surface area contributed by atoms with E-state index in [1.807, 2.05) is 11.7 Å². The molecular formula is C12H19N3S. The van der Waals surface area contributed by atoms with E-state index in [0.29, 0.717) is 0 Å². The van der Waals surface area contributed by atoms with Crippen LogP contribution in [0.25, 0.3) is 0 Å². The second-order valence-corrected chi connectivity index (χ2v) is 5.15. The van der Waals surface area contributed by atoms with Crippen LogP contribution in [0.2, 0.25) is 0 Å². The average molecular weight is 237 g/mol. The summed E-state index contributed by atoms with van der Waals surface area (Å²) in [5.41, 5.74) is 6.23. The van der Waals surface area contributed by atoms with Gasteiger partial charge in [-0.15, -0.1) is 11.3 Å². The third kappa shape index (κ3) is 2.90. The van der Waals surface area contributed by atoms with E-state index in [0.717, 1.165) is 6.42 Å². The number of allylic oxidation sites excluding steroid dienone is 1. The van der Waals surface area contributed by atoms with E-state index in [4.69, 9.17) is 5.84 Å². The summed E-state index contributed by atoms with van der Waals surface area (Å²) < 4.78 is 0. The van der Waals surface area contributed by atoms with Gasteiger partial charge >= 0.3 is 0 Å². The Bertz CT molecular complexity index is 332. The Morgan fingerprint density at radius 3 is 2.94 bits per heavy atom. The first-order valence-corrected chi connectivity index (χ1v) is 6.83. The van der Waals surface area contributed by atoms with Crippen LogP contribution in [-0.2, 0) is 0 Å². The highest BCUT2D eigenvalue weighted by Gasteiger charge is 2.16. The summed E-state index contributed by atoms with van der Waals surface area (Å²) >= 11 is 1.67. The number of hydrogen-bond donors (Lipinski definition) is 2. The molecule has 0 bridgehead atoms. The van der Waals surface area contributed by atoms with Gasteiger partial charge in [-0.3, -0.25) is 10.8 Å². The van der Waals surface area contributed by atoms with Gasteiger partial charge in [-0.1, -0.05) is 24.5 Å². The predicted octanol–water partition coefficient (Wildman–Crippen LogP) is 2.93. The Labute approximate surface area is 101 Å². The number of hydrazine groups is 1. The maximum Gasteiger partial charge on any atom is 0.0795 e.